The number of hydrogen-bond donors (Lipinski definition) is 2. The SMILES string of the molecule is CCCC(C)NC(=O)CN(C)CCCCCN. The lowest BCUT2D eigenvalue weighted by Gasteiger charge is -2.18. The van der Waals surface area contributed by atoms with Crippen LogP contribution in [-0.4, -0.2) is 43.5 Å². The van der Waals surface area contributed by atoms with Gasteiger partial charge in [-0.1, -0.05) is 19.8 Å². The number of carbonyl (C=O) groups excluding carboxylic acids is 1. The van der Waals surface area contributed by atoms with E-state index < -0.39 is 0 Å². The van der Waals surface area contributed by atoms with E-state index in [1.807, 2.05) is 7.05 Å². The highest BCUT2D eigenvalue weighted by Crippen LogP contribution is 1.97. The Morgan fingerprint density at radius 3 is 2.65 bits per heavy atom. The van der Waals surface area contributed by atoms with Crippen molar-refractivity contribution >= 4 is 5.91 Å². The Morgan fingerprint density at radius 2 is 2.06 bits per heavy atom. The van der Waals surface area contributed by atoms with Crippen molar-refractivity contribution in [2.24, 2.45) is 5.73 Å². The van der Waals surface area contributed by atoms with Gasteiger partial charge < -0.3 is 11.1 Å². The molecule has 0 aliphatic rings. The van der Waals surface area contributed by atoms with E-state index in [4.69, 9.17) is 5.73 Å². The van der Waals surface area contributed by atoms with E-state index in [2.05, 4.69) is 24.1 Å². The fourth-order valence-corrected chi connectivity index (χ4v) is 1.85. The summed E-state index contributed by atoms with van der Waals surface area (Å²) >= 11 is 0. The molecule has 0 spiro atoms. The summed E-state index contributed by atoms with van der Waals surface area (Å²) in [6, 6.07) is 0.290. The number of nitrogens with one attached hydrogen (secondary N) is 1. The van der Waals surface area contributed by atoms with Crippen molar-refractivity contribution in [2.45, 2.75) is 52.0 Å². The Kier molecular flexibility index (Phi) is 10.2. The van der Waals surface area contributed by atoms with Crippen molar-refractivity contribution in [2.75, 3.05) is 26.7 Å². The fourth-order valence-electron chi connectivity index (χ4n) is 1.85. The molecule has 0 aromatic heterocycles. The molecule has 0 aromatic carbocycles. The third-order valence-corrected chi connectivity index (χ3v) is 2.79. The molecule has 1 unspecified atom stereocenters. The van der Waals surface area contributed by atoms with Gasteiger partial charge in [0.15, 0.2) is 0 Å². The molecule has 0 aliphatic heterocycles. The summed E-state index contributed by atoms with van der Waals surface area (Å²) in [7, 11) is 1.99. The van der Waals surface area contributed by atoms with Crippen molar-refractivity contribution in [1.29, 1.82) is 0 Å². The Hall–Kier alpha value is -0.610. The first-order valence-electron chi connectivity index (χ1n) is 6.78. The average molecular weight is 243 g/mol. The smallest absolute Gasteiger partial charge is 0.234 e. The molecular formula is C13H29N3O. The van der Waals surface area contributed by atoms with Gasteiger partial charge in [-0.15, -0.1) is 0 Å². The van der Waals surface area contributed by atoms with Gasteiger partial charge in [-0.05, 0) is 46.3 Å². The first kappa shape index (κ1) is 16.4. The second-order valence-electron chi connectivity index (χ2n) is 4.84. The Bertz CT molecular complexity index is 197. The third kappa shape index (κ3) is 10.3. The number of amides is 1. The van der Waals surface area contributed by atoms with Gasteiger partial charge in [0.25, 0.3) is 0 Å². The molecule has 4 heteroatoms. The minimum atomic E-state index is 0.132. The molecule has 0 heterocycles. The van der Waals surface area contributed by atoms with Crippen LogP contribution in [0.5, 0.6) is 0 Å². The Balaban J connectivity index is 3.58. The molecule has 0 aromatic rings. The van der Waals surface area contributed by atoms with E-state index in [9.17, 15) is 4.79 Å². The van der Waals surface area contributed by atoms with E-state index in [-0.39, 0.29) is 11.9 Å². The van der Waals surface area contributed by atoms with Gasteiger partial charge in [-0.25, -0.2) is 0 Å². The minimum absolute atomic E-state index is 0.132. The lowest BCUT2D eigenvalue weighted by Crippen LogP contribution is -2.39. The molecular weight excluding hydrogens is 214 g/mol. The lowest BCUT2D eigenvalue weighted by atomic mass is 10.2. The van der Waals surface area contributed by atoms with Gasteiger partial charge in [0.1, 0.15) is 0 Å². The summed E-state index contributed by atoms with van der Waals surface area (Å²) in [5.41, 5.74) is 5.43. The zero-order valence-corrected chi connectivity index (χ0v) is 11.7. The summed E-state index contributed by atoms with van der Waals surface area (Å²) in [4.78, 5) is 13.7. The first-order chi connectivity index (χ1) is 8.10. The van der Waals surface area contributed by atoms with Crippen molar-refractivity contribution in [3.63, 3.8) is 0 Å². The van der Waals surface area contributed by atoms with E-state index >= 15 is 0 Å². The molecule has 0 fully saturated rings. The number of nitrogens with two attached hydrogens (primary N) is 1. The predicted octanol–water partition coefficient (Wildman–Crippen LogP) is 1.35. The molecule has 0 radical (unpaired) electrons. The van der Waals surface area contributed by atoms with Crippen LogP contribution >= 0.6 is 0 Å². The number of unbranched alkanes of at least 4 members (excludes halogenated alkanes) is 2. The largest absolute Gasteiger partial charge is 0.353 e. The molecule has 0 saturated heterocycles. The number of rotatable bonds is 10. The quantitative estimate of drug-likeness (QED) is 0.569. The maximum absolute atomic E-state index is 11.7. The summed E-state index contributed by atoms with van der Waals surface area (Å²) in [6.45, 7) is 6.42. The number of likely N-dealkylation sites (N-methyl/N-ethyl adjacent to an activating group) is 1. The van der Waals surface area contributed by atoms with Crippen molar-refractivity contribution in [3.8, 4) is 0 Å². The second-order valence-corrected chi connectivity index (χ2v) is 4.84. The van der Waals surface area contributed by atoms with E-state index in [0.29, 0.717) is 6.54 Å². The summed E-state index contributed by atoms with van der Waals surface area (Å²) < 4.78 is 0. The van der Waals surface area contributed by atoms with Gasteiger partial charge in [0.2, 0.25) is 5.91 Å². The highest BCUT2D eigenvalue weighted by Gasteiger charge is 2.08. The van der Waals surface area contributed by atoms with Gasteiger partial charge in [-0.3, -0.25) is 9.69 Å². The third-order valence-electron chi connectivity index (χ3n) is 2.79. The molecule has 4 nitrogen and oxygen atoms in total. The molecule has 1 amide bonds. The number of carbonyl (C=O) groups is 1. The molecule has 3 N–H and O–H groups in total. The van der Waals surface area contributed by atoms with Gasteiger partial charge >= 0.3 is 0 Å². The average Bonchev–Trinajstić information content (AvgIpc) is 2.24. The van der Waals surface area contributed by atoms with Crippen LogP contribution in [0.3, 0.4) is 0 Å². The zero-order valence-electron chi connectivity index (χ0n) is 11.7. The molecule has 0 saturated carbocycles. The van der Waals surface area contributed by atoms with Crippen LogP contribution < -0.4 is 11.1 Å². The van der Waals surface area contributed by atoms with Crippen LogP contribution in [0.4, 0.5) is 0 Å². The maximum Gasteiger partial charge on any atom is 0.234 e. The summed E-state index contributed by atoms with van der Waals surface area (Å²) in [6.07, 6.45) is 5.50. The van der Waals surface area contributed by atoms with Gasteiger partial charge in [-0.2, -0.15) is 0 Å². The second kappa shape index (κ2) is 10.5. The van der Waals surface area contributed by atoms with E-state index in [1.54, 1.807) is 0 Å². The van der Waals surface area contributed by atoms with Crippen LogP contribution in [0.1, 0.15) is 46.0 Å². The van der Waals surface area contributed by atoms with Crippen molar-refractivity contribution in [1.82, 2.24) is 10.2 Å². The maximum atomic E-state index is 11.7. The van der Waals surface area contributed by atoms with Crippen molar-refractivity contribution < 1.29 is 4.79 Å². The summed E-state index contributed by atoms with van der Waals surface area (Å²) in [5.74, 6) is 0.132. The van der Waals surface area contributed by atoms with Crippen LogP contribution in [0.15, 0.2) is 0 Å². The minimum Gasteiger partial charge on any atom is -0.353 e. The van der Waals surface area contributed by atoms with Gasteiger partial charge in [0, 0.05) is 6.04 Å². The number of nitrogens with zero attached hydrogens (tertiary/aromatic N) is 1. The van der Waals surface area contributed by atoms with E-state index in [1.165, 1.54) is 0 Å². The molecule has 17 heavy (non-hydrogen) atoms. The topological polar surface area (TPSA) is 58.4 Å². The molecule has 102 valence electrons. The fraction of sp³-hybridized carbons (Fsp3) is 0.923. The zero-order chi connectivity index (χ0) is 13.1. The molecule has 0 bridgehead atoms. The Morgan fingerprint density at radius 1 is 1.35 bits per heavy atom. The van der Waals surface area contributed by atoms with E-state index in [0.717, 1.165) is 45.2 Å². The van der Waals surface area contributed by atoms with Crippen molar-refractivity contribution in [3.05, 3.63) is 0 Å². The molecule has 0 rings (SSSR count). The monoisotopic (exact) mass is 243 g/mol. The predicted molar refractivity (Wildman–Crippen MR) is 72.9 cm³/mol. The summed E-state index contributed by atoms with van der Waals surface area (Å²) in [5, 5.41) is 3.01. The molecule has 0 aliphatic carbocycles. The van der Waals surface area contributed by atoms with Crippen LogP contribution in [0.25, 0.3) is 0 Å². The van der Waals surface area contributed by atoms with Crippen LogP contribution in [-0.2, 0) is 4.79 Å². The van der Waals surface area contributed by atoms with Crippen LogP contribution in [0.2, 0.25) is 0 Å². The number of hydrogen-bond acceptors (Lipinski definition) is 3. The Labute approximate surface area is 106 Å². The normalized spacial score (nSPS) is 12.8. The van der Waals surface area contributed by atoms with Gasteiger partial charge in [0.05, 0.1) is 6.54 Å². The standard InChI is InChI=1S/C13H29N3O/c1-4-8-12(2)15-13(17)11-16(3)10-7-5-6-9-14/h12H,4-11,14H2,1-3H3,(H,15,17). The highest BCUT2D eigenvalue weighted by molar-refractivity contribution is 5.78. The van der Waals surface area contributed by atoms with Crippen LogP contribution in [0, 0.1) is 0 Å². The molecule has 1 atom stereocenters. The first-order valence-corrected chi connectivity index (χ1v) is 6.78. The lowest BCUT2D eigenvalue weighted by molar-refractivity contribution is -0.122. The highest BCUT2D eigenvalue weighted by atomic mass is 16.2.